The first-order valence-corrected chi connectivity index (χ1v) is 11.7. The van der Waals surface area contributed by atoms with Crippen molar-refractivity contribution in [3.8, 4) is 5.75 Å². The number of ether oxygens (including phenoxy) is 2. The summed E-state index contributed by atoms with van der Waals surface area (Å²) in [5.41, 5.74) is 1.87. The maximum absolute atomic E-state index is 13.3. The van der Waals surface area contributed by atoms with Crippen LogP contribution in [-0.4, -0.2) is 60.2 Å². The Morgan fingerprint density at radius 1 is 0.968 bits per heavy atom. The Morgan fingerprint density at radius 3 is 2.45 bits per heavy atom. The number of hydrogen-bond acceptors (Lipinski definition) is 4. The van der Waals surface area contributed by atoms with Crippen LogP contribution in [-0.2, 0) is 11.3 Å². The van der Waals surface area contributed by atoms with E-state index in [2.05, 4.69) is 11.0 Å². The molecule has 5 heteroatoms. The summed E-state index contributed by atoms with van der Waals surface area (Å²) in [6.07, 6.45) is 5.27. The third-order valence-electron chi connectivity index (χ3n) is 7.02. The first-order chi connectivity index (χ1) is 15.2. The normalized spacial score (nSPS) is 23.4. The first kappa shape index (κ1) is 20.5. The van der Waals surface area contributed by atoms with E-state index < -0.39 is 0 Å². The monoisotopic (exact) mass is 420 g/mol. The molecule has 3 saturated heterocycles. The molecule has 1 spiro atoms. The minimum atomic E-state index is -0.148. The molecule has 3 aliphatic heterocycles. The minimum absolute atomic E-state index is 0.0887. The zero-order valence-electron chi connectivity index (χ0n) is 18.2. The highest BCUT2D eigenvalue weighted by Crippen LogP contribution is 2.37. The summed E-state index contributed by atoms with van der Waals surface area (Å²) in [7, 11) is 0. The molecule has 1 atom stereocenters. The largest absolute Gasteiger partial charge is 0.488 e. The quantitative estimate of drug-likeness (QED) is 0.730. The van der Waals surface area contributed by atoms with Crippen LogP contribution in [0, 0.1) is 0 Å². The molecule has 2 aromatic carbocycles. The molecule has 0 bridgehead atoms. The standard InChI is InChI=1S/C26H32N2O3/c29-25(24-11-5-4-8-21(24)19-27-14-6-7-15-27)28-16-12-26(13-17-28)18-23(20-30-26)31-22-9-2-1-3-10-22/h1-5,8-11,23H,6-7,12-20H2/t23-/m1/s1. The van der Waals surface area contributed by atoms with Crippen LogP contribution in [0.3, 0.4) is 0 Å². The van der Waals surface area contributed by atoms with Crippen LogP contribution in [0.15, 0.2) is 54.6 Å². The summed E-state index contributed by atoms with van der Waals surface area (Å²) >= 11 is 0. The van der Waals surface area contributed by atoms with Crippen LogP contribution in [0.2, 0.25) is 0 Å². The van der Waals surface area contributed by atoms with Crippen LogP contribution in [0.4, 0.5) is 0 Å². The molecular weight excluding hydrogens is 388 g/mol. The number of likely N-dealkylation sites (tertiary alicyclic amines) is 2. The second-order valence-corrected chi connectivity index (χ2v) is 9.18. The lowest BCUT2D eigenvalue weighted by molar-refractivity contribution is -0.0396. The minimum Gasteiger partial charge on any atom is -0.488 e. The van der Waals surface area contributed by atoms with Gasteiger partial charge in [0.25, 0.3) is 5.91 Å². The van der Waals surface area contributed by atoms with Crippen molar-refractivity contribution in [1.29, 1.82) is 0 Å². The van der Waals surface area contributed by atoms with Gasteiger partial charge < -0.3 is 14.4 Å². The molecule has 3 heterocycles. The van der Waals surface area contributed by atoms with Crippen LogP contribution in [0.1, 0.15) is 48.0 Å². The van der Waals surface area contributed by atoms with E-state index in [1.165, 1.54) is 12.8 Å². The fraction of sp³-hybridized carbons (Fsp3) is 0.500. The van der Waals surface area contributed by atoms with Gasteiger partial charge in [0.15, 0.2) is 0 Å². The lowest BCUT2D eigenvalue weighted by Gasteiger charge is -2.38. The molecule has 0 saturated carbocycles. The smallest absolute Gasteiger partial charge is 0.254 e. The van der Waals surface area contributed by atoms with Crippen molar-refractivity contribution in [3.05, 3.63) is 65.7 Å². The van der Waals surface area contributed by atoms with E-state index in [0.29, 0.717) is 6.61 Å². The molecule has 2 aromatic rings. The fourth-order valence-electron chi connectivity index (χ4n) is 5.25. The summed E-state index contributed by atoms with van der Waals surface area (Å²) < 4.78 is 12.4. The highest BCUT2D eigenvalue weighted by atomic mass is 16.6. The zero-order chi connectivity index (χ0) is 21.1. The van der Waals surface area contributed by atoms with Crippen molar-refractivity contribution in [2.45, 2.75) is 50.4 Å². The van der Waals surface area contributed by atoms with Gasteiger partial charge in [0.2, 0.25) is 0 Å². The Hall–Kier alpha value is -2.37. The van der Waals surface area contributed by atoms with Crippen molar-refractivity contribution >= 4 is 5.91 Å². The van der Waals surface area contributed by atoms with E-state index in [1.807, 2.05) is 53.4 Å². The lowest BCUT2D eigenvalue weighted by Crippen LogP contribution is -2.47. The molecule has 31 heavy (non-hydrogen) atoms. The van der Waals surface area contributed by atoms with Gasteiger partial charge in [-0.15, -0.1) is 0 Å². The molecule has 5 nitrogen and oxygen atoms in total. The van der Waals surface area contributed by atoms with Crippen LogP contribution < -0.4 is 4.74 Å². The summed E-state index contributed by atoms with van der Waals surface area (Å²) in [5.74, 6) is 1.06. The van der Waals surface area contributed by atoms with Crippen molar-refractivity contribution in [3.63, 3.8) is 0 Å². The van der Waals surface area contributed by atoms with E-state index in [4.69, 9.17) is 9.47 Å². The van der Waals surface area contributed by atoms with Crippen molar-refractivity contribution in [2.75, 3.05) is 32.8 Å². The number of piperidine rings is 1. The zero-order valence-corrected chi connectivity index (χ0v) is 18.2. The molecule has 0 aliphatic carbocycles. The number of para-hydroxylation sites is 1. The predicted octanol–water partition coefficient (Wildman–Crippen LogP) is 4.13. The van der Waals surface area contributed by atoms with Gasteiger partial charge in [0, 0.05) is 31.6 Å². The molecule has 0 aromatic heterocycles. The molecule has 1 amide bonds. The number of amides is 1. The Kier molecular flexibility index (Phi) is 5.97. The van der Waals surface area contributed by atoms with Gasteiger partial charge in [-0.05, 0) is 62.5 Å². The van der Waals surface area contributed by atoms with Gasteiger partial charge in [0.05, 0.1) is 12.2 Å². The molecule has 3 aliphatic rings. The van der Waals surface area contributed by atoms with Gasteiger partial charge in [0.1, 0.15) is 11.9 Å². The van der Waals surface area contributed by atoms with Crippen LogP contribution in [0.25, 0.3) is 0 Å². The van der Waals surface area contributed by atoms with Crippen molar-refractivity contribution < 1.29 is 14.3 Å². The van der Waals surface area contributed by atoms with Gasteiger partial charge >= 0.3 is 0 Å². The SMILES string of the molecule is O=C(c1ccccc1CN1CCCC1)N1CCC2(CC1)C[C@@H](Oc1ccccc1)CO2. The van der Waals surface area contributed by atoms with Gasteiger partial charge in [-0.2, -0.15) is 0 Å². The molecule has 164 valence electrons. The molecule has 5 rings (SSSR count). The Balaban J connectivity index is 1.19. The highest BCUT2D eigenvalue weighted by molar-refractivity contribution is 5.95. The highest BCUT2D eigenvalue weighted by Gasteiger charge is 2.44. The van der Waals surface area contributed by atoms with Crippen LogP contribution in [0.5, 0.6) is 5.75 Å². The third kappa shape index (κ3) is 4.63. The summed E-state index contributed by atoms with van der Waals surface area (Å²) in [6.45, 7) is 5.27. The predicted molar refractivity (Wildman–Crippen MR) is 120 cm³/mol. The third-order valence-corrected chi connectivity index (χ3v) is 7.02. The van der Waals surface area contributed by atoms with Gasteiger partial charge in [-0.1, -0.05) is 36.4 Å². The fourth-order valence-corrected chi connectivity index (χ4v) is 5.25. The van der Waals surface area contributed by atoms with Crippen LogP contribution >= 0.6 is 0 Å². The molecular formula is C26H32N2O3. The number of hydrogen-bond donors (Lipinski definition) is 0. The lowest BCUT2D eigenvalue weighted by atomic mass is 9.87. The Bertz CT molecular complexity index is 887. The van der Waals surface area contributed by atoms with Crippen molar-refractivity contribution in [2.24, 2.45) is 0 Å². The molecule has 0 radical (unpaired) electrons. The Labute approximate surface area is 184 Å². The van der Waals surface area contributed by atoms with E-state index in [-0.39, 0.29) is 17.6 Å². The second-order valence-electron chi connectivity index (χ2n) is 9.18. The van der Waals surface area contributed by atoms with Gasteiger partial charge in [-0.25, -0.2) is 0 Å². The van der Waals surface area contributed by atoms with Gasteiger partial charge in [-0.3, -0.25) is 9.69 Å². The summed E-state index contributed by atoms with van der Waals surface area (Å²) in [4.78, 5) is 17.8. The van der Waals surface area contributed by atoms with E-state index in [0.717, 1.165) is 68.9 Å². The number of rotatable bonds is 5. The molecule has 0 unspecified atom stereocenters. The first-order valence-electron chi connectivity index (χ1n) is 11.7. The number of nitrogens with zero attached hydrogens (tertiary/aromatic N) is 2. The van der Waals surface area contributed by atoms with E-state index >= 15 is 0 Å². The molecule has 0 N–H and O–H groups in total. The molecule has 3 fully saturated rings. The average molecular weight is 421 g/mol. The topological polar surface area (TPSA) is 42.0 Å². The maximum Gasteiger partial charge on any atom is 0.254 e. The summed E-state index contributed by atoms with van der Waals surface area (Å²) in [6, 6.07) is 18.1. The number of carbonyl (C=O) groups excluding carboxylic acids is 1. The number of carbonyl (C=O) groups is 1. The van der Waals surface area contributed by atoms with E-state index in [1.54, 1.807) is 0 Å². The second kappa shape index (κ2) is 9.01. The Morgan fingerprint density at radius 2 is 1.68 bits per heavy atom. The maximum atomic E-state index is 13.3. The number of benzene rings is 2. The van der Waals surface area contributed by atoms with Crippen molar-refractivity contribution in [1.82, 2.24) is 9.80 Å². The summed E-state index contributed by atoms with van der Waals surface area (Å²) in [5, 5.41) is 0. The van der Waals surface area contributed by atoms with E-state index in [9.17, 15) is 4.79 Å². The average Bonchev–Trinajstić information content (AvgIpc) is 3.45.